The molecule has 1 aliphatic rings. The van der Waals surface area contributed by atoms with Crippen LogP contribution in [-0.2, 0) is 26.6 Å². The Kier molecular flexibility index (Phi) is 6.89. The second-order valence-electron chi connectivity index (χ2n) is 7.18. The molecule has 3 aromatic rings. The van der Waals surface area contributed by atoms with E-state index in [1.807, 2.05) is 41.1 Å². The largest absolute Gasteiger partial charge is 0.342 e. The van der Waals surface area contributed by atoms with E-state index in [2.05, 4.69) is 10.3 Å². The van der Waals surface area contributed by atoms with Gasteiger partial charge in [0.25, 0.3) is 0 Å². The third kappa shape index (κ3) is 5.42. The Morgan fingerprint density at radius 1 is 1.29 bits per heavy atom. The van der Waals surface area contributed by atoms with Crippen LogP contribution in [0.1, 0.15) is 12.5 Å². The molecule has 162 valence electrons. The van der Waals surface area contributed by atoms with Crippen molar-refractivity contribution in [3.05, 3.63) is 76.8 Å². The van der Waals surface area contributed by atoms with Gasteiger partial charge in [-0.05, 0) is 36.4 Å². The number of halogens is 2. The highest BCUT2D eigenvalue weighted by Crippen LogP contribution is 2.41. The van der Waals surface area contributed by atoms with E-state index < -0.39 is 5.79 Å². The SMILES string of the molecule is CC(=O)Nc1ccc(SC[C@H]2CO[C@@](Cn3ccnc3)(c3ccc(Cl)cc3Cl)O2)cc1. The molecule has 9 heteroatoms. The Bertz CT molecular complexity index is 1050. The first-order chi connectivity index (χ1) is 14.9. The average Bonchev–Trinajstić information content (AvgIpc) is 3.38. The summed E-state index contributed by atoms with van der Waals surface area (Å²) in [5.74, 6) is -0.411. The lowest BCUT2D eigenvalue weighted by Crippen LogP contribution is -2.34. The molecular formula is C22H21Cl2N3O3S. The van der Waals surface area contributed by atoms with Gasteiger partial charge in [-0.3, -0.25) is 4.79 Å². The number of thioether (sulfide) groups is 1. The highest BCUT2D eigenvalue weighted by molar-refractivity contribution is 7.99. The molecule has 2 atom stereocenters. The van der Waals surface area contributed by atoms with Gasteiger partial charge in [0.05, 0.1) is 30.6 Å². The van der Waals surface area contributed by atoms with Gasteiger partial charge < -0.3 is 19.4 Å². The zero-order valence-corrected chi connectivity index (χ0v) is 19.1. The van der Waals surface area contributed by atoms with Crippen LogP contribution in [0, 0.1) is 0 Å². The van der Waals surface area contributed by atoms with Crippen LogP contribution in [0.15, 0.2) is 66.1 Å². The Morgan fingerprint density at radius 3 is 2.77 bits per heavy atom. The molecule has 0 bridgehead atoms. The van der Waals surface area contributed by atoms with Crippen LogP contribution >= 0.6 is 35.0 Å². The van der Waals surface area contributed by atoms with E-state index in [1.165, 1.54) is 6.92 Å². The second kappa shape index (κ2) is 9.63. The number of ether oxygens (including phenoxy) is 2. The van der Waals surface area contributed by atoms with Crippen molar-refractivity contribution < 1.29 is 14.3 Å². The molecule has 4 rings (SSSR count). The predicted octanol–water partition coefficient (Wildman–Crippen LogP) is 5.21. The number of anilines is 1. The van der Waals surface area contributed by atoms with E-state index in [9.17, 15) is 4.79 Å². The minimum absolute atomic E-state index is 0.0907. The Balaban J connectivity index is 1.47. The molecule has 1 N–H and O–H groups in total. The van der Waals surface area contributed by atoms with E-state index in [1.54, 1.807) is 36.4 Å². The molecular weight excluding hydrogens is 457 g/mol. The van der Waals surface area contributed by atoms with Gasteiger partial charge in [0.15, 0.2) is 0 Å². The molecule has 1 fully saturated rings. The van der Waals surface area contributed by atoms with Gasteiger partial charge in [0, 0.05) is 46.2 Å². The number of carbonyl (C=O) groups is 1. The summed E-state index contributed by atoms with van der Waals surface area (Å²) in [5, 5.41) is 3.82. The summed E-state index contributed by atoms with van der Waals surface area (Å²) < 4.78 is 14.6. The molecule has 1 aliphatic heterocycles. The van der Waals surface area contributed by atoms with E-state index in [0.29, 0.717) is 28.9 Å². The maximum Gasteiger partial charge on any atom is 0.221 e. The molecule has 0 saturated carbocycles. The number of carbonyl (C=O) groups excluding carboxylic acids is 1. The predicted molar refractivity (Wildman–Crippen MR) is 123 cm³/mol. The number of benzene rings is 2. The Labute approximate surface area is 194 Å². The minimum atomic E-state index is -1.02. The first-order valence-corrected chi connectivity index (χ1v) is 11.4. The quantitative estimate of drug-likeness (QED) is 0.473. The van der Waals surface area contributed by atoms with Crippen LogP contribution < -0.4 is 5.32 Å². The number of aromatic nitrogens is 2. The van der Waals surface area contributed by atoms with Gasteiger partial charge >= 0.3 is 0 Å². The van der Waals surface area contributed by atoms with Gasteiger partial charge in [-0.15, -0.1) is 11.8 Å². The normalized spacial score (nSPS) is 20.7. The van der Waals surface area contributed by atoms with Crippen LogP contribution in [0.2, 0.25) is 10.0 Å². The fourth-order valence-corrected chi connectivity index (χ4v) is 4.83. The summed E-state index contributed by atoms with van der Waals surface area (Å²) >= 11 is 14.3. The zero-order valence-electron chi connectivity index (χ0n) is 16.8. The van der Waals surface area contributed by atoms with Crippen LogP contribution in [0.25, 0.3) is 0 Å². The van der Waals surface area contributed by atoms with E-state index >= 15 is 0 Å². The lowest BCUT2D eigenvalue weighted by molar-refractivity contribution is -0.184. The lowest BCUT2D eigenvalue weighted by Gasteiger charge is -2.30. The lowest BCUT2D eigenvalue weighted by atomic mass is 10.1. The second-order valence-corrected chi connectivity index (χ2v) is 9.12. The molecule has 0 aliphatic carbocycles. The molecule has 1 aromatic heterocycles. The zero-order chi connectivity index (χ0) is 21.8. The number of hydrogen-bond acceptors (Lipinski definition) is 5. The van der Waals surface area contributed by atoms with Gasteiger partial charge in [-0.1, -0.05) is 29.3 Å². The summed E-state index contributed by atoms with van der Waals surface area (Å²) in [6.07, 6.45) is 5.16. The highest BCUT2D eigenvalue weighted by atomic mass is 35.5. The number of amides is 1. The van der Waals surface area contributed by atoms with Gasteiger partial charge in [-0.2, -0.15) is 0 Å². The standard InChI is InChI=1S/C22H21Cl2N3O3S/c1-15(28)26-17-3-5-19(6-4-17)31-12-18-11-29-22(30-18,13-27-9-8-25-14-27)20-7-2-16(23)10-21(20)24/h2-10,14,18H,11-13H2,1H3,(H,26,28)/t18-,22-/m1/s1. The minimum Gasteiger partial charge on any atom is -0.342 e. The molecule has 0 unspecified atom stereocenters. The smallest absolute Gasteiger partial charge is 0.221 e. The summed E-state index contributed by atoms with van der Waals surface area (Å²) in [6, 6.07) is 13.0. The number of nitrogens with one attached hydrogen (secondary N) is 1. The molecule has 6 nitrogen and oxygen atoms in total. The number of imidazole rings is 1. The first-order valence-electron chi connectivity index (χ1n) is 9.67. The van der Waals surface area contributed by atoms with E-state index in [0.717, 1.165) is 16.1 Å². The van der Waals surface area contributed by atoms with Crippen molar-refractivity contribution in [2.75, 3.05) is 17.7 Å². The summed E-state index contributed by atoms with van der Waals surface area (Å²) in [5.41, 5.74) is 1.51. The fraction of sp³-hybridized carbons (Fsp3) is 0.273. The molecule has 0 radical (unpaired) electrons. The molecule has 31 heavy (non-hydrogen) atoms. The van der Waals surface area contributed by atoms with Crippen molar-refractivity contribution in [3.63, 3.8) is 0 Å². The van der Waals surface area contributed by atoms with E-state index in [-0.39, 0.29) is 12.0 Å². The van der Waals surface area contributed by atoms with Crippen molar-refractivity contribution >= 4 is 46.6 Å². The van der Waals surface area contributed by atoms with Crippen molar-refractivity contribution in [2.24, 2.45) is 0 Å². The van der Waals surface area contributed by atoms with Crippen LogP contribution in [-0.4, -0.2) is 33.9 Å². The summed E-state index contributed by atoms with van der Waals surface area (Å²) in [6.45, 7) is 2.34. The third-order valence-electron chi connectivity index (χ3n) is 4.76. The molecule has 1 saturated heterocycles. The number of rotatable bonds is 7. The summed E-state index contributed by atoms with van der Waals surface area (Å²) in [4.78, 5) is 16.4. The van der Waals surface area contributed by atoms with Gasteiger partial charge in [0.2, 0.25) is 11.7 Å². The number of hydrogen-bond donors (Lipinski definition) is 1. The topological polar surface area (TPSA) is 65.4 Å². The Morgan fingerprint density at radius 2 is 2.10 bits per heavy atom. The molecule has 2 heterocycles. The van der Waals surface area contributed by atoms with Gasteiger partial charge in [0.1, 0.15) is 0 Å². The number of nitrogens with zero attached hydrogens (tertiary/aromatic N) is 2. The third-order valence-corrected chi connectivity index (χ3v) is 6.45. The maximum atomic E-state index is 11.2. The van der Waals surface area contributed by atoms with Crippen LogP contribution in [0.4, 0.5) is 5.69 Å². The fourth-order valence-electron chi connectivity index (χ4n) is 3.40. The monoisotopic (exact) mass is 477 g/mol. The van der Waals surface area contributed by atoms with Crippen LogP contribution in [0.5, 0.6) is 0 Å². The van der Waals surface area contributed by atoms with Crippen molar-refractivity contribution in [1.29, 1.82) is 0 Å². The van der Waals surface area contributed by atoms with Crippen molar-refractivity contribution in [1.82, 2.24) is 9.55 Å². The van der Waals surface area contributed by atoms with E-state index in [4.69, 9.17) is 32.7 Å². The van der Waals surface area contributed by atoms with Crippen LogP contribution in [0.3, 0.4) is 0 Å². The Hall–Kier alpha value is -2.03. The molecule has 0 spiro atoms. The van der Waals surface area contributed by atoms with Crippen molar-refractivity contribution in [2.45, 2.75) is 30.3 Å². The van der Waals surface area contributed by atoms with Crippen molar-refractivity contribution in [3.8, 4) is 0 Å². The first kappa shape index (κ1) is 22.2. The van der Waals surface area contributed by atoms with Gasteiger partial charge in [-0.25, -0.2) is 4.98 Å². The molecule has 1 amide bonds. The molecule has 2 aromatic carbocycles. The maximum absolute atomic E-state index is 11.2. The highest BCUT2D eigenvalue weighted by Gasteiger charge is 2.45. The summed E-state index contributed by atoms with van der Waals surface area (Å²) in [7, 11) is 0. The average molecular weight is 478 g/mol.